The summed E-state index contributed by atoms with van der Waals surface area (Å²) in [4.78, 5) is 0. The summed E-state index contributed by atoms with van der Waals surface area (Å²) < 4.78 is 64.5. The topological polar surface area (TPSA) is 92.3 Å². The average molecular weight is 699 g/mol. The molecule has 5 aliphatic rings. The van der Waals surface area contributed by atoms with E-state index in [2.05, 4.69) is 34.6 Å². The molecule has 0 aromatic carbocycles. The third-order valence-electron chi connectivity index (χ3n) is 11.4. The van der Waals surface area contributed by atoms with Crippen LogP contribution < -0.4 is 0 Å². The van der Waals surface area contributed by atoms with E-state index in [1.54, 1.807) is 0 Å². The molecule has 0 aliphatic carbocycles. The molecule has 10 nitrogen and oxygen atoms in total. The van der Waals surface area contributed by atoms with Gasteiger partial charge in [0.25, 0.3) is 0 Å². The molecule has 5 saturated heterocycles. The van der Waals surface area contributed by atoms with E-state index in [1.165, 1.54) is 0 Å². The molecule has 10 heteroatoms. The SMILES string of the molecule is CC1COC(C)(C)O[C@@H]1C(C)[C@@H]1OC(C)(C)O[C@H](C[C@@H]2OC(C)(C)O[C@H](C(C)[C@H]3C[C@@H](C[C@H]4CCOC(C)(C)O4)OC(C)(C)O3)C2C)C1C. The molecule has 0 bridgehead atoms. The third kappa shape index (κ3) is 9.78. The van der Waals surface area contributed by atoms with E-state index in [1.807, 2.05) is 69.2 Å². The molecule has 13 atom stereocenters. The molecule has 49 heavy (non-hydrogen) atoms. The van der Waals surface area contributed by atoms with Crippen molar-refractivity contribution in [2.75, 3.05) is 13.2 Å². The molecule has 286 valence electrons. The van der Waals surface area contributed by atoms with E-state index in [0.29, 0.717) is 13.2 Å². The van der Waals surface area contributed by atoms with Crippen molar-refractivity contribution in [3.8, 4) is 0 Å². The van der Waals surface area contributed by atoms with Crippen LogP contribution in [0.3, 0.4) is 0 Å². The summed E-state index contributed by atoms with van der Waals surface area (Å²) in [6.45, 7) is 32.7. The quantitative estimate of drug-likeness (QED) is 0.253. The summed E-state index contributed by atoms with van der Waals surface area (Å²) in [6.07, 6.45) is 3.00. The Kier molecular flexibility index (Phi) is 11.7. The van der Waals surface area contributed by atoms with Gasteiger partial charge in [0.1, 0.15) is 0 Å². The Labute approximate surface area is 297 Å². The second-order valence-electron chi connectivity index (χ2n) is 18.3. The first-order valence-electron chi connectivity index (χ1n) is 19.2. The van der Waals surface area contributed by atoms with Gasteiger partial charge in [-0.05, 0) is 75.7 Å². The molecule has 5 fully saturated rings. The van der Waals surface area contributed by atoms with Crippen LogP contribution in [-0.2, 0) is 47.4 Å². The molecular formula is C39H70O10. The highest BCUT2D eigenvalue weighted by molar-refractivity contribution is 4.96. The van der Waals surface area contributed by atoms with Gasteiger partial charge >= 0.3 is 0 Å². The van der Waals surface area contributed by atoms with Gasteiger partial charge in [0.05, 0.1) is 62.0 Å². The molecule has 5 rings (SSSR count). The molecule has 0 amide bonds. The maximum atomic E-state index is 6.76. The van der Waals surface area contributed by atoms with Crippen LogP contribution in [0.2, 0.25) is 0 Å². The lowest BCUT2D eigenvalue weighted by molar-refractivity contribution is -0.367. The Hall–Kier alpha value is -0.400. The van der Waals surface area contributed by atoms with Crippen LogP contribution in [0.4, 0.5) is 0 Å². The van der Waals surface area contributed by atoms with E-state index in [0.717, 1.165) is 25.7 Å². The van der Waals surface area contributed by atoms with Gasteiger partial charge in [-0.25, -0.2) is 0 Å². The van der Waals surface area contributed by atoms with Crippen molar-refractivity contribution in [2.24, 2.45) is 29.6 Å². The van der Waals surface area contributed by atoms with Gasteiger partial charge in [-0.15, -0.1) is 0 Å². The molecule has 0 N–H and O–H groups in total. The van der Waals surface area contributed by atoms with Crippen molar-refractivity contribution in [2.45, 2.75) is 207 Å². The largest absolute Gasteiger partial charge is 0.350 e. The van der Waals surface area contributed by atoms with Crippen molar-refractivity contribution < 1.29 is 47.4 Å². The van der Waals surface area contributed by atoms with E-state index >= 15 is 0 Å². The summed E-state index contributed by atoms with van der Waals surface area (Å²) in [6, 6.07) is 0. The average Bonchev–Trinajstić information content (AvgIpc) is 2.95. The second-order valence-corrected chi connectivity index (χ2v) is 18.3. The minimum absolute atomic E-state index is 0.0136. The van der Waals surface area contributed by atoms with Crippen LogP contribution in [0.25, 0.3) is 0 Å². The molecular weight excluding hydrogens is 628 g/mol. The fraction of sp³-hybridized carbons (Fsp3) is 1.00. The Morgan fingerprint density at radius 3 is 1.57 bits per heavy atom. The van der Waals surface area contributed by atoms with Crippen LogP contribution in [0.5, 0.6) is 0 Å². The van der Waals surface area contributed by atoms with Gasteiger partial charge in [0.15, 0.2) is 28.9 Å². The highest BCUT2D eigenvalue weighted by Crippen LogP contribution is 2.45. The molecule has 5 unspecified atom stereocenters. The minimum atomic E-state index is -0.759. The zero-order valence-corrected chi connectivity index (χ0v) is 33.3. The van der Waals surface area contributed by atoms with Crippen LogP contribution in [0.1, 0.15) is 130 Å². The number of rotatable bonds is 8. The van der Waals surface area contributed by atoms with Crippen LogP contribution >= 0.6 is 0 Å². The second kappa shape index (κ2) is 14.4. The van der Waals surface area contributed by atoms with Crippen LogP contribution in [0, 0.1) is 29.6 Å². The van der Waals surface area contributed by atoms with Crippen molar-refractivity contribution in [3.63, 3.8) is 0 Å². The van der Waals surface area contributed by atoms with Crippen molar-refractivity contribution in [1.29, 1.82) is 0 Å². The lowest BCUT2D eigenvalue weighted by Gasteiger charge is -2.53. The predicted octanol–water partition coefficient (Wildman–Crippen LogP) is 7.59. The van der Waals surface area contributed by atoms with Gasteiger partial charge in [0.2, 0.25) is 0 Å². The lowest BCUT2D eigenvalue weighted by Crippen LogP contribution is -2.60. The van der Waals surface area contributed by atoms with E-state index in [-0.39, 0.29) is 78.4 Å². The molecule has 0 aromatic heterocycles. The zero-order valence-electron chi connectivity index (χ0n) is 33.3. The third-order valence-corrected chi connectivity index (χ3v) is 11.4. The molecule has 5 aliphatic heterocycles. The maximum Gasteiger partial charge on any atom is 0.163 e. The van der Waals surface area contributed by atoms with E-state index < -0.39 is 28.9 Å². The molecule has 0 saturated carbocycles. The summed E-state index contributed by atoms with van der Waals surface area (Å²) in [5.41, 5.74) is 0. The number of hydrogen-bond donors (Lipinski definition) is 0. The normalized spacial score (nSPS) is 44.5. The predicted molar refractivity (Wildman–Crippen MR) is 186 cm³/mol. The first-order valence-corrected chi connectivity index (χ1v) is 19.2. The standard InChI is InChI=1S/C39H70O10/c1-22-21-41-36(8,9)47-32(22)26(5)34-25(4)31(46-39(14,15)49-34)20-30-24(3)33(48-38(12,13)45-30)23(2)29-19-28(43-37(10,11)44-29)18-27-16-17-40-35(6,7)42-27/h22-34H,16-21H2,1-15H3/t22?,23?,24?,25?,26?,27-,28-,29-,30+,31-,32+,33-,34-/m1/s1. The summed E-state index contributed by atoms with van der Waals surface area (Å²) in [5, 5.41) is 0. The Balaban J connectivity index is 1.29. The van der Waals surface area contributed by atoms with Crippen molar-refractivity contribution >= 4 is 0 Å². The van der Waals surface area contributed by atoms with Crippen molar-refractivity contribution in [3.05, 3.63) is 0 Å². The van der Waals surface area contributed by atoms with Gasteiger partial charge in [-0.1, -0.05) is 34.6 Å². The molecule has 0 radical (unpaired) electrons. The fourth-order valence-corrected chi connectivity index (χ4v) is 9.15. The lowest BCUT2D eigenvalue weighted by atomic mass is 9.77. The highest BCUT2D eigenvalue weighted by atomic mass is 16.7. The Bertz CT molecular complexity index is 1110. The molecule has 0 spiro atoms. The van der Waals surface area contributed by atoms with Crippen LogP contribution in [0.15, 0.2) is 0 Å². The molecule has 5 heterocycles. The van der Waals surface area contributed by atoms with Gasteiger partial charge in [-0.3, -0.25) is 0 Å². The van der Waals surface area contributed by atoms with Gasteiger partial charge < -0.3 is 47.4 Å². The minimum Gasteiger partial charge on any atom is -0.350 e. The fourth-order valence-electron chi connectivity index (χ4n) is 9.15. The summed E-state index contributed by atoms with van der Waals surface area (Å²) >= 11 is 0. The van der Waals surface area contributed by atoms with Gasteiger partial charge in [0, 0.05) is 48.9 Å². The number of hydrogen-bond acceptors (Lipinski definition) is 10. The van der Waals surface area contributed by atoms with E-state index in [9.17, 15) is 0 Å². The summed E-state index contributed by atoms with van der Waals surface area (Å²) in [5.74, 6) is -2.66. The van der Waals surface area contributed by atoms with Gasteiger partial charge in [-0.2, -0.15) is 0 Å². The van der Waals surface area contributed by atoms with Crippen molar-refractivity contribution in [1.82, 2.24) is 0 Å². The zero-order chi connectivity index (χ0) is 36.3. The smallest absolute Gasteiger partial charge is 0.163 e. The number of ether oxygens (including phenoxy) is 10. The first-order chi connectivity index (χ1) is 22.5. The van der Waals surface area contributed by atoms with E-state index in [4.69, 9.17) is 47.4 Å². The first kappa shape index (κ1) is 39.8. The Morgan fingerprint density at radius 2 is 1.00 bits per heavy atom. The molecule has 0 aromatic rings. The maximum absolute atomic E-state index is 6.76. The monoisotopic (exact) mass is 698 g/mol. The Morgan fingerprint density at radius 1 is 0.510 bits per heavy atom. The highest BCUT2D eigenvalue weighted by Gasteiger charge is 2.52. The van der Waals surface area contributed by atoms with Crippen LogP contribution in [-0.4, -0.2) is 91.0 Å². The summed E-state index contributed by atoms with van der Waals surface area (Å²) in [7, 11) is 0.